The van der Waals surface area contributed by atoms with Crippen LogP contribution in [0.15, 0.2) is 76.5 Å². The number of anilines is 1. The maximum Gasteiger partial charge on any atom is 0.255 e. The highest BCUT2D eigenvalue weighted by Crippen LogP contribution is 2.25. The van der Waals surface area contributed by atoms with Crippen LogP contribution in [0.1, 0.15) is 21.5 Å². The first-order valence-electron chi connectivity index (χ1n) is 9.48. The van der Waals surface area contributed by atoms with Crippen LogP contribution in [-0.2, 0) is 15.8 Å². The first kappa shape index (κ1) is 23.3. The number of rotatable bonds is 7. The minimum absolute atomic E-state index is 0.132. The Bertz CT molecular complexity index is 1180. The minimum Gasteiger partial charge on any atom is -0.322 e. The van der Waals surface area contributed by atoms with E-state index in [1.165, 1.54) is 26.2 Å². The summed E-state index contributed by atoms with van der Waals surface area (Å²) in [5.74, 6) is 0.479. The number of aryl methyl sites for hydroxylation is 1. The van der Waals surface area contributed by atoms with E-state index in [2.05, 4.69) is 5.32 Å². The van der Waals surface area contributed by atoms with Crippen molar-refractivity contribution in [3.63, 3.8) is 0 Å². The number of benzene rings is 3. The summed E-state index contributed by atoms with van der Waals surface area (Å²) < 4.78 is 25.9. The van der Waals surface area contributed by atoms with Crippen molar-refractivity contribution in [3.05, 3.63) is 88.4 Å². The molecule has 8 heteroatoms. The Morgan fingerprint density at radius 3 is 2.26 bits per heavy atom. The Hall–Kier alpha value is -2.32. The van der Waals surface area contributed by atoms with Crippen LogP contribution in [-0.4, -0.2) is 32.7 Å². The van der Waals surface area contributed by atoms with Gasteiger partial charge in [-0.05, 0) is 66.6 Å². The molecule has 0 heterocycles. The number of thioether (sulfide) groups is 1. The van der Waals surface area contributed by atoms with Crippen molar-refractivity contribution in [2.24, 2.45) is 0 Å². The van der Waals surface area contributed by atoms with Gasteiger partial charge in [-0.3, -0.25) is 4.79 Å². The van der Waals surface area contributed by atoms with Gasteiger partial charge in [0.15, 0.2) is 0 Å². The molecule has 0 bridgehead atoms. The number of hydrogen-bond donors (Lipinski definition) is 1. The lowest BCUT2D eigenvalue weighted by Gasteiger charge is -2.14. The van der Waals surface area contributed by atoms with Crippen LogP contribution in [0.5, 0.6) is 0 Å². The largest absolute Gasteiger partial charge is 0.322 e. The summed E-state index contributed by atoms with van der Waals surface area (Å²) in [4.78, 5) is 13.9. The van der Waals surface area contributed by atoms with Crippen molar-refractivity contribution in [1.82, 2.24) is 4.31 Å². The van der Waals surface area contributed by atoms with Gasteiger partial charge in [-0.25, -0.2) is 12.7 Å². The molecular weight excluding hydrogens is 452 g/mol. The summed E-state index contributed by atoms with van der Waals surface area (Å²) in [5.41, 5.74) is 2.84. The van der Waals surface area contributed by atoms with Gasteiger partial charge < -0.3 is 5.32 Å². The fourth-order valence-corrected chi connectivity index (χ4v) is 4.66. The van der Waals surface area contributed by atoms with Gasteiger partial charge >= 0.3 is 0 Å². The second-order valence-electron chi connectivity index (χ2n) is 7.16. The summed E-state index contributed by atoms with van der Waals surface area (Å²) in [5, 5.41) is 3.53. The summed E-state index contributed by atoms with van der Waals surface area (Å²) in [6, 6.07) is 19.7. The molecule has 0 atom stereocenters. The van der Waals surface area contributed by atoms with Crippen LogP contribution in [0.2, 0.25) is 5.02 Å². The molecule has 0 aliphatic heterocycles. The normalized spacial score (nSPS) is 11.5. The van der Waals surface area contributed by atoms with Gasteiger partial charge in [0.05, 0.1) is 4.90 Å². The molecule has 1 N–H and O–H groups in total. The van der Waals surface area contributed by atoms with Crippen molar-refractivity contribution in [2.75, 3.05) is 19.4 Å². The predicted octanol–water partition coefficient (Wildman–Crippen LogP) is 5.44. The van der Waals surface area contributed by atoms with Crippen LogP contribution >= 0.6 is 23.4 Å². The third-order valence-electron chi connectivity index (χ3n) is 4.67. The highest BCUT2D eigenvalue weighted by atomic mass is 35.5. The maximum absolute atomic E-state index is 12.7. The molecule has 0 fully saturated rings. The summed E-state index contributed by atoms with van der Waals surface area (Å²) >= 11 is 7.60. The van der Waals surface area contributed by atoms with Gasteiger partial charge in [0.2, 0.25) is 10.0 Å². The van der Waals surface area contributed by atoms with E-state index in [1.54, 1.807) is 30.0 Å². The zero-order valence-corrected chi connectivity index (χ0v) is 19.8. The SMILES string of the molecule is Cc1ccc(S(=O)(=O)N(C)C)cc1NC(=O)c1ccc(CSc2ccc(Cl)cc2)cc1. The van der Waals surface area contributed by atoms with Crippen molar-refractivity contribution in [1.29, 1.82) is 0 Å². The third-order valence-corrected chi connectivity index (χ3v) is 7.82. The molecule has 3 aromatic rings. The molecule has 1 amide bonds. The predicted molar refractivity (Wildman–Crippen MR) is 127 cm³/mol. The molecule has 0 unspecified atom stereocenters. The lowest BCUT2D eigenvalue weighted by molar-refractivity contribution is 0.102. The fraction of sp³-hybridized carbons (Fsp3) is 0.174. The zero-order chi connectivity index (χ0) is 22.6. The summed E-state index contributed by atoms with van der Waals surface area (Å²) in [7, 11) is -0.637. The quantitative estimate of drug-likeness (QED) is 0.463. The van der Waals surface area contributed by atoms with E-state index >= 15 is 0 Å². The van der Waals surface area contributed by atoms with Gasteiger partial charge in [-0.1, -0.05) is 29.8 Å². The molecule has 0 radical (unpaired) electrons. The molecule has 3 rings (SSSR count). The molecule has 0 saturated heterocycles. The average Bonchev–Trinajstić information content (AvgIpc) is 2.75. The molecule has 0 saturated carbocycles. The van der Waals surface area contributed by atoms with Crippen molar-refractivity contribution >= 4 is 45.0 Å². The Morgan fingerprint density at radius 2 is 1.65 bits per heavy atom. The van der Waals surface area contributed by atoms with Crippen LogP contribution in [0.25, 0.3) is 0 Å². The number of nitrogens with zero attached hydrogens (tertiary/aromatic N) is 1. The molecule has 162 valence electrons. The number of nitrogens with one attached hydrogen (secondary N) is 1. The highest BCUT2D eigenvalue weighted by Gasteiger charge is 2.19. The van der Waals surface area contributed by atoms with E-state index in [4.69, 9.17) is 11.6 Å². The number of carbonyl (C=O) groups is 1. The first-order chi connectivity index (χ1) is 14.7. The van der Waals surface area contributed by atoms with Gasteiger partial charge in [-0.15, -0.1) is 11.8 Å². The number of sulfonamides is 1. The van der Waals surface area contributed by atoms with Gasteiger partial charge in [-0.2, -0.15) is 0 Å². The van der Waals surface area contributed by atoms with E-state index in [0.717, 1.165) is 26.1 Å². The second kappa shape index (κ2) is 9.87. The first-order valence-corrected chi connectivity index (χ1v) is 12.3. The topological polar surface area (TPSA) is 66.5 Å². The molecule has 0 aliphatic rings. The van der Waals surface area contributed by atoms with Crippen molar-refractivity contribution in [3.8, 4) is 0 Å². The van der Waals surface area contributed by atoms with E-state index in [-0.39, 0.29) is 10.8 Å². The zero-order valence-electron chi connectivity index (χ0n) is 17.4. The number of hydrogen-bond acceptors (Lipinski definition) is 4. The van der Waals surface area contributed by atoms with Gasteiger partial charge in [0, 0.05) is 41.0 Å². The smallest absolute Gasteiger partial charge is 0.255 e. The Kier molecular flexibility index (Phi) is 7.43. The number of halogens is 1. The Morgan fingerprint density at radius 1 is 1.00 bits per heavy atom. The standard InChI is InChI=1S/C23H23ClN2O3S2/c1-16-4-13-21(31(28,29)26(2)3)14-22(16)25-23(27)18-7-5-17(6-8-18)15-30-20-11-9-19(24)10-12-20/h4-14H,15H2,1-3H3,(H,25,27). The fourth-order valence-electron chi connectivity index (χ4n) is 2.75. The molecule has 0 aliphatic carbocycles. The van der Waals surface area contributed by atoms with Crippen LogP contribution < -0.4 is 5.32 Å². The van der Waals surface area contributed by atoms with Gasteiger partial charge in [0.25, 0.3) is 5.91 Å². The maximum atomic E-state index is 12.7. The highest BCUT2D eigenvalue weighted by molar-refractivity contribution is 7.98. The minimum atomic E-state index is -3.58. The molecule has 3 aromatic carbocycles. The monoisotopic (exact) mass is 474 g/mol. The molecule has 31 heavy (non-hydrogen) atoms. The summed E-state index contributed by atoms with van der Waals surface area (Å²) in [6.45, 7) is 1.82. The Labute approximate surface area is 192 Å². The second-order valence-corrected chi connectivity index (χ2v) is 10.8. The van der Waals surface area contributed by atoms with Crippen LogP contribution in [0.3, 0.4) is 0 Å². The number of carbonyl (C=O) groups excluding carboxylic acids is 1. The van der Waals surface area contributed by atoms with E-state index in [9.17, 15) is 13.2 Å². The molecule has 0 aromatic heterocycles. The lowest BCUT2D eigenvalue weighted by atomic mass is 10.1. The van der Waals surface area contributed by atoms with E-state index in [0.29, 0.717) is 16.3 Å². The van der Waals surface area contributed by atoms with Crippen molar-refractivity contribution < 1.29 is 13.2 Å². The Balaban J connectivity index is 1.69. The van der Waals surface area contributed by atoms with Crippen LogP contribution in [0.4, 0.5) is 5.69 Å². The molecule has 0 spiro atoms. The van der Waals surface area contributed by atoms with Gasteiger partial charge in [0.1, 0.15) is 0 Å². The third kappa shape index (κ3) is 5.89. The van der Waals surface area contributed by atoms with E-state index in [1.807, 2.05) is 43.3 Å². The molecular formula is C23H23ClN2O3S2. The lowest BCUT2D eigenvalue weighted by Crippen LogP contribution is -2.22. The van der Waals surface area contributed by atoms with E-state index < -0.39 is 10.0 Å². The average molecular weight is 475 g/mol. The number of amides is 1. The molecule has 5 nitrogen and oxygen atoms in total. The van der Waals surface area contributed by atoms with Crippen molar-refractivity contribution in [2.45, 2.75) is 22.5 Å². The summed E-state index contributed by atoms with van der Waals surface area (Å²) in [6.07, 6.45) is 0. The van der Waals surface area contributed by atoms with Crippen LogP contribution in [0, 0.1) is 6.92 Å².